The van der Waals surface area contributed by atoms with Gasteiger partial charge in [0.15, 0.2) is 0 Å². The molecule has 100 valence electrons. The molecule has 2 nitrogen and oxygen atoms in total. The Labute approximate surface area is 109 Å². The average Bonchev–Trinajstić information content (AvgIpc) is 2.24. The average molecular weight is 248 g/mol. The van der Waals surface area contributed by atoms with Crippen LogP contribution in [-0.4, -0.2) is 11.1 Å². The van der Waals surface area contributed by atoms with Gasteiger partial charge in [0.25, 0.3) is 0 Å². The topological polar surface area (TPSA) is 37.3 Å². The number of rotatable bonds is 3. The number of aliphatic carboxylic acids is 1. The van der Waals surface area contributed by atoms with Gasteiger partial charge in [-0.3, -0.25) is 4.79 Å². The number of carboxylic acid groups (broad SMARTS) is 1. The summed E-state index contributed by atoms with van der Waals surface area (Å²) in [7, 11) is 0. The molecule has 0 heterocycles. The molecule has 5 aliphatic carbocycles. The minimum atomic E-state index is -0.498. The molecular formula is C16H24O2. The van der Waals surface area contributed by atoms with E-state index in [0.717, 1.165) is 55.3 Å². The molecule has 0 unspecified atom stereocenters. The summed E-state index contributed by atoms with van der Waals surface area (Å²) in [6, 6.07) is 0. The monoisotopic (exact) mass is 248 g/mol. The number of hydrogen-bond acceptors (Lipinski definition) is 1. The van der Waals surface area contributed by atoms with Gasteiger partial charge in [0.2, 0.25) is 0 Å². The van der Waals surface area contributed by atoms with E-state index in [2.05, 4.69) is 0 Å². The van der Waals surface area contributed by atoms with Crippen molar-refractivity contribution in [1.82, 2.24) is 0 Å². The standard InChI is InChI=1S/C16H24O2/c17-15(18)16(2-1-3-16)9-14-12-5-10-4-11(7-12)8-13(14)6-10/h10-14H,1-9H2,(H,17,18). The molecule has 0 aromatic heterocycles. The lowest BCUT2D eigenvalue weighted by molar-refractivity contribution is -0.159. The van der Waals surface area contributed by atoms with E-state index in [0.29, 0.717) is 0 Å². The molecule has 5 fully saturated rings. The van der Waals surface area contributed by atoms with Crippen molar-refractivity contribution in [1.29, 1.82) is 0 Å². The Bertz CT molecular complexity index is 341. The van der Waals surface area contributed by atoms with Crippen molar-refractivity contribution in [2.45, 2.75) is 57.8 Å². The third-order valence-electron chi connectivity index (χ3n) is 6.81. The highest BCUT2D eigenvalue weighted by atomic mass is 16.4. The van der Waals surface area contributed by atoms with Gasteiger partial charge in [0.1, 0.15) is 0 Å². The molecule has 2 heteroatoms. The SMILES string of the molecule is O=C(O)C1(CC2C3CC4CC(C3)CC2C4)CCC1. The molecule has 5 rings (SSSR count). The Morgan fingerprint density at radius 3 is 1.94 bits per heavy atom. The maximum atomic E-state index is 11.6. The molecule has 0 spiro atoms. The second-order valence-corrected chi connectivity index (χ2v) is 7.74. The van der Waals surface area contributed by atoms with Crippen molar-refractivity contribution >= 4 is 5.97 Å². The van der Waals surface area contributed by atoms with Crippen LogP contribution >= 0.6 is 0 Å². The summed E-state index contributed by atoms with van der Waals surface area (Å²) in [6.07, 6.45) is 11.2. The third-order valence-corrected chi connectivity index (χ3v) is 6.81. The van der Waals surface area contributed by atoms with E-state index in [-0.39, 0.29) is 5.41 Å². The van der Waals surface area contributed by atoms with Crippen molar-refractivity contribution in [2.75, 3.05) is 0 Å². The largest absolute Gasteiger partial charge is 0.481 e. The van der Waals surface area contributed by atoms with Gasteiger partial charge in [0.05, 0.1) is 5.41 Å². The number of carboxylic acids is 1. The van der Waals surface area contributed by atoms with Crippen LogP contribution in [0.4, 0.5) is 0 Å². The van der Waals surface area contributed by atoms with Crippen LogP contribution in [-0.2, 0) is 4.79 Å². The Morgan fingerprint density at radius 1 is 1.00 bits per heavy atom. The van der Waals surface area contributed by atoms with E-state index in [1.165, 1.54) is 32.1 Å². The van der Waals surface area contributed by atoms with Crippen LogP contribution in [0.25, 0.3) is 0 Å². The van der Waals surface area contributed by atoms with Crippen LogP contribution < -0.4 is 0 Å². The van der Waals surface area contributed by atoms with E-state index >= 15 is 0 Å². The van der Waals surface area contributed by atoms with Crippen LogP contribution in [0.1, 0.15) is 57.8 Å². The van der Waals surface area contributed by atoms with Gasteiger partial charge in [-0.05, 0) is 81.0 Å². The zero-order valence-corrected chi connectivity index (χ0v) is 11.1. The molecule has 4 bridgehead atoms. The molecule has 1 N–H and O–H groups in total. The minimum Gasteiger partial charge on any atom is -0.481 e. The highest BCUT2D eigenvalue weighted by molar-refractivity contribution is 5.75. The summed E-state index contributed by atoms with van der Waals surface area (Å²) in [5.41, 5.74) is -0.306. The van der Waals surface area contributed by atoms with E-state index in [1.54, 1.807) is 0 Å². The normalized spacial score (nSPS) is 47.9. The van der Waals surface area contributed by atoms with Gasteiger partial charge in [-0.1, -0.05) is 6.42 Å². The Hall–Kier alpha value is -0.530. The lowest BCUT2D eigenvalue weighted by atomic mass is 9.48. The van der Waals surface area contributed by atoms with Gasteiger partial charge in [-0.25, -0.2) is 0 Å². The smallest absolute Gasteiger partial charge is 0.309 e. The predicted octanol–water partition coefficient (Wildman–Crippen LogP) is 3.70. The first kappa shape index (κ1) is 11.3. The molecule has 0 saturated heterocycles. The van der Waals surface area contributed by atoms with Gasteiger partial charge < -0.3 is 5.11 Å². The van der Waals surface area contributed by atoms with E-state index < -0.39 is 5.97 Å². The summed E-state index contributed by atoms with van der Waals surface area (Å²) in [6.45, 7) is 0. The maximum Gasteiger partial charge on any atom is 0.309 e. The van der Waals surface area contributed by atoms with Gasteiger partial charge in [-0.15, -0.1) is 0 Å². The molecule has 18 heavy (non-hydrogen) atoms. The second-order valence-electron chi connectivity index (χ2n) is 7.74. The fraction of sp³-hybridized carbons (Fsp3) is 0.938. The first-order valence-electron chi connectivity index (χ1n) is 7.90. The van der Waals surface area contributed by atoms with E-state index in [1.807, 2.05) is 0 Å². The second kappa shape index (κ2) is 3.74. The lowest BCUT2D eigenvalue weighted by Crippen LogP contribution is -2.49. The van der Waals surface area contributed by atoms with Crippen LogP contribution in [0.3, 0.4) is 0 Å². The zero-order valence-electron chi connectivity index (χ0n) is 11.1. The van der Waals surface area contributed by atoms with Gasteiger partial charge >= 0.3 is 5.97 Å². The highest BCUT2D eigenvalue weighted by Crippen LogP contribution is 2.60. The van der Waals surface area contributed by atoms with Crippen LogP contribution in [0.15, 0.2) is 0 Å². The number of carbonyl (C=O) groups is 1. The molecule has 0 atom stereocenters. The van der Waals surface area contributed by atoms with E-state index in [9.17, 15) is 9.90 Å². The van der Waals surface area contributed by atoms with Crippen molar-refractivity contribution in [3.8, 4) is 0 Å². The molecule has 0 radical (unpaired) electrons. The quantitative estimate of drug-likeness (QED) is 0.826. The molecule has 0 aromatic rings. The lowest BCUT2D eigenvalue weighted by Gasteiger charge is -2.56. The molecular weight excluding hydrogens is 224 g/mol. The van der Waals surface area contributed by atoms with Crippen molar-refractivity contribution in [2.24, 2.45) is 35.0 Å². The van der Waals surface area contributed by atoms with Crippen LogP contribution in [0.5, 0.6) is 0 Å². The number of hydrogen-bond donors (Lipinski definition) is 1. The molecule has 0 amide bonds. The van der Waals surface area contributed by atoms with Crippen molar-refractivity contribution in [3.63, 3.8) is 0 Å². The summed E-state index contributed by atoms with van der Waals surface area (Å²) in [5, 5.41) is 9.54. The third kappa shape index (κ3) is 1.50. The first-order chi connectivity index (χ1) is 8.66. The molecule has 0 aliphatic heterocycles. The van der Waals surface area contributed by atoms with Gasteiger partial charge in [-0.2, -0.15) is 0 Å². The molecule has 5 aliphatic rings. The zero-order chi connectivity index (χ0) is 12.3. The van der Waals surface area contributed by atoms with Crippen molar-refractivity contribution < 1.29 is 9.90 Å². The van der Waals surface area contributed by atoms with Gasteiger partial charge in [0, 0.05) is 0 Å². The summed E-state index contributed by atoms with van der Waals surface area (Å²) in [4.78, 5) is 11.6. The van der Waals surface area contributed by atoms with Crippen LogP contribution in [0, 0.1) is 35.0 Å². The van der Waals surface area contributed by atoms with Crippen LogP contribution in [0.2, 0.25) is 0 Å². The Morgan fingerprint density at radius 2 is 1.56 bits per heavy atom. The van der Waals surface area contributed by atoms with Crippen molar-refractivity contribution in [3.05, 3.63) is 0 Å². The molecule has 0 aromatic carbocycles. The predicted molar refractivity (Wildman–Crippen MR) is 69.1 cm³/mol. The highest BCUT2D eigenvalue weighted by Gasteiger charge is 2.53. The maximum absolute atomic E-state index is 11.6. The fourth-order valence-corrected chi connectivity index (χ4v) is 5.93. The summed E-state index contributed by atoms with van der Waals surface area (Å²) >= 11 is 0. The Kier molecular flexibility index (Phi) is 2.35. The molecule has 5 saturated carbocycles. The summed E-state index contributed by atoms with van der Waals surface area (Å²) < 4.78 is 0. The first-order valence-corrected chi connectivity index (χ1v) is 7.90. The summed E-state index contributed by atoms with van der Waals surface area (Å²) in [5.74, 6) is 4.05. The fourth-order valence-electron chi connectivity index (χ4n) is 5.93. The van der Waals surface area contributed by atoms with E-state index in [4.69, 9.17) is 0 Å². The Balaban J connectivity index is 1.53. The minimum absolute atomic E-state index is 0.306.